The van der Waals surface area contributed by atoms with E-state index >= 15 is 0 Å². The molecule has 1 aliphatic heterocycles. The number of nitrogens with zero attached hydrogens (tertiary/aromatic N) is 2. The van der Waals surface area contributed by atoms with Crippen LogP contribution in [-0.4, -0.2) is 81.9 Å². The van der Waals surface area contributed by atoms with Gasteiger partial charge in [-0.1, -0.05) is 17.9 Å². The van der Waals surface area contributed by atoms with Crippen molar-refractivity contribution in [3.8, 4) is 17.6 Å². The number of benzene rings is 1. The van der Waals surface area contributed by atoms with E-state index in [1.807, 2.05) is 6.92 Å². The monoisotopic (exact) mass is 580 g/mol. The van der Waals surface area contributed by atoms with Crippen LogP contribution < -0.4 is 21.3 Å². The van der Waals surface area contributed by atoms with Crippen molar-refractivity contribution in [1.29, 1.82) is 0 Å². The fourth-order valence-corrected chi connectivity index (χ4v) is 3.94. The van der Waals surface area contributed by atoms with E-state index in [-0.39, 0.29) is 25.1 Å². The van der Waals surface area contributed by atoms with Crippen molar-refractivity contribution in [1.82, 2.24) is 14.9 Å². The molecule has 1 saturated heterocycles. The van der Waals surface area contributed by atoms with Gasteiger partial charge < -0.3 is 34.4 Å². The molecule has 16 heteroatoms. The normalized spacial score (nSPS) is 19.4. The Morgan fingerprint density at radius 2 is 2.17 bits per heavy atom. The zero-order valence-electron chi connectivity index (χ0n) is 21.4. The molecule has 40 heavy (non-hydrogen) atoms. The Balaban J connectivity index is 1.61. The van der Waals surface area contributed by atoms with Gasteiger partial charge in [-0.3, -0.25) is 28.7 Å². The van der Waals surface area contributed by atoms with Crippen molar-refractivity contribution in [3.05, 3.63) is 62.4 Å². The second-order valence-corrected chi connectivity index (χ2v) is 9.58. The van der Waals surface area contributed by atoms with Crippen LogP contribution in [0, 0.1) is 11.8 Å². The molecule has 1 aromatic heterocycles. The first-order valence-electron chi connectivity index (χ1n) is 12.0. The maximum Gasteiger partial charge on any atom is 0.469 e. The summed E-state index contributed by atoms with van der Waals surface area (Å²) < 4.78 is 32.7. The van der Waals surface area contributed by atoms with Gasteiger partial charge in [0.2, 0.25) is 0 Å². The van der Waals surface area contributed by atoms with Gasteiger partial charge in [-0.25, -0.2) is 9.36 Å². The Morgan fingerprint density at radius 1 is 1.40 bits per heavy atom. The zero-order chi connectivity index (χ0) is 29.3. The molecule has 0 radical (unpaired) electrons. The number of carbonyl (C=O) groups excluding carboxylic acids is 1. The van der Waals surface area contributed by atoms with Gasteiger partial charge in [-0.05, 0) is 31.8 Å². The first-order valence-corrected chi connectivity index (χ1v) is 13.5. The lowest BCUT2D eigenvalue weighted by Gasteiger charge is -2.16. The standard InChI is InChI=1S/C24H29N4O11P/c1-3-36-20(25-2)14-37-17-8-4-6-15(10-17)22(30)26-9-5-7-16-12-28(24(32)27-23(16)31)21-11-18(29)19(39-21)13-38-40(33,34)35/h4,6,8,10,12,18-21,29H,2-3,9,11,13-14H2,1H3,(H,26,30)(H,27,31,32)(H2,33,34,35). The van der Waals surface area contributed by atoms with E-state index in [0.29, 0.717) is 17.9 Å². The SMILES string of the molecule is C=NC(COc1cccc(C(=O)NCC#Cc2cn(C3CC(O)C(COP(=O)(O)O)O3)c(=O)[nH]c2=O)c1)OCC. The predicted molar refractivity (Wildman–Crippen MR) is 140 cm³/mol. The highest BCUT2D eigenvalue weighted by Crippen LogP contribution is 2.38. The number of carbonyl (C=O) groups is 1. The summed E-state index contributed by atoms with van der Waals surface area (Å²) in [6.07, 6.45) is -2.87. The van der Waals surface area contributed by atoms with Gasteiger partial charge in [-0.15, -0.1) is 0 Å². The number of aliphatic imine (C=N–C) groups is 1. The molecule has 0 aliphatic carbocycles. The van der Waals surface area contributed by atoms with Gasteiger partial charge in [0, 0.05) is 24.8 Å². The molecule has 1 aliphatic rings. The van der Waals surface area contributed by atoms with Crippen molar-refractivity contribution in [2.24, 2.45) is 4.99 Å². The predicted octanol–water partition coefficient (Wildman–Crippen LogP) is -0.482. The molecular formula is C24H29N4O11P. The smallest absolute Gasteiger partial charge is 0.469 e. The Labute approximate surface area is 228 Å². The van der Waals surface area contributed by atoms with Crippen molar-refractivity contribution < 1.29 is 43.0 Å². The van der Waals surface area contributed by atoms with Crippen LogP contribution in [0.1, 0.15) is 35.5 Å². The highest BCUT2D eigenvalue weighted by Gasteiger charge is 2.37. The van der Waals surface area contributed by atoms with Crippen molar-refractivity contribution in [2.45, 2.75) is 38.0 Å². The lowest BCUT2D eigenvalue weighted by atomic mass is 10.2. The second-order valence-electron chi connectivity index (χ2n) is 8.34. The topological polar surface area (TPSA) is 211 Å². The summed E-state index contributed by atoms with van der Waals surface area (Å²) in [7, 11) is -4.79. The fraction of sp³-hybridized carbons (Fsp3) is 0.417. The van der Waals surface area contributed by atoms with Gasteiger partial charge in [0.1, 0.15) is 30.3 Å². The average molecular weight is 580 g/mol. The first kappa shape index (κ1) is 30.9. The Kier molecular flexibility index (Phi) is 10.9. The third kappa shape index (κ3) is 8.97. The summed E-state index contributed by atoms with van der Waals surface area (Å²) in [4.78, 5) is 60.6. The number of nitrogens with one attached hydrogen (secondary N) is 2. The van der Waals surface area contributed by atoms with Crippen LogP contribution in [0.4, 0.5) is 0 Å². The number of H-pyrrole nitrogens is 1. The third-order valence-electron chi connectivity index (χ3n) is 5.50. The van der Waals surface area contributed by atoms with E-state index in [9.17, 15) is 24.1 Å². The van der Waals surface area contributed by atoms with Crippen molar-refractivity contribution in [2.75, 3.05) is 26.4 Å². The Hall–Kier alpha value is -3.61. The summed E-state index contributed by atoms with van der Waals surface area (Å²) in [5.74, 6) is 5.18. The maximum absolute atomic E-state index is 12.5. The van der Waals surface area contributed by atoms with E-state index in [2.05, 4.69) is 38.4 Å². The van der Waals surface area contributed by atoms with Gasteiger partial charge in [0.25, 0.3) is 11.5 Å². The Bertz CT molecular complexity index is 1420. The first-order chi connectivity index (χ1) is 19.0. The van der Waals surface area contributed by atoms with E-state index in [4.69, 9.17) is 24.0 Å². The third-order valence-corrected chi connectivity index (χ3v) is 5.99. The number of phosphoric acid groups is 1. The van der Waals surface area contributed by atoms with Crippen LogP contribution in [-0.2, 0) is 18.6 Å². The molecule has 4 unspecified atom stereocenters. The largest absolute Gasteiger partial charge is 0.489 e. The van der Waals surface area contributed by atoms with Crippen LogP contribution in [0.2, 0.25) is 0 Å². The molecule has 15 nitrogen and oxygen atoms in total. The molecule has 0 bridgehead atoms. The quantitative estimate of drug-likeness (QED) is 0.123. The number of phosphoric ester groups is 1. The zero-order valence-corrected chi connectivity index (χ0v) is 22.3. The number of aromatic amines is 1. The summed E-state index contributed by atoms with van der Waals surface area (Å²) >= 11 is 0. The van der Waals surface area contributed by atoms with Gasteiger partial charge in [0.05, 0.1) is 19.3 Å². The number of hydrogen-bond donors (Lipinski definition) is 5. The average Bonchev–Trinajstić information content (AvgIpc) is 3.28. The number of ether oxygens (including phenoxy) is 3. The summed E-state index contributed by atoms with van der Waals surface area (Å²) in [5.41, 5.74) is -1.42. The van der Waals surface area contributed by atoms with E-state index in [1.165, 1.54) is 6.07 Å². The lowest BCUT2D eigenvalue weighted by molar-refractivity contribution is -0.0451. The lowest BCUT2D eigenvalue weighted by Crippen LogP contribution is -2.33. The number of rotatable bonds is 12. The van der Waals surface area contributed by atoms with Gasteiger partial charge in [-0.2, -0.15) is 0 Å². The molecule has 2 heterocycles. The van der Waals surface area contributed by atoms with Crippen molar-refractivity contribution in [3.63, 3.8) is 0 Å². The summed E-state index contributed by atoms with van der Waals surface area (Å²) in [5, 5.41) is 12.7. The van der Waals surface area contributed by atoms with Crippen LogP contribution in [0.3, 0.4) is 0 Å². The van der Waals surface area contributed by atoms with E-state index in [0.717, 1.165) is 10.8 Å². The minimum absolute atomic E-state index is 0.108. The number of aliphatic hydroxyl groups excluding tert-OH is 1. The van der Waals surface area contributed by atoms with Gasteiger partial charge >= 0.3 is 13.5 Å². The molecule has 5 N–H and O–H groups in total. The molecule has 1 aromatic carbocycles. The molecule has 1 amide bonds. The molecule has 1 fully saturated rings. The Morgan fingerprint density at radius 3 is 2.88 bits per heavy atom. The second kappa shape index (κ2) is 14.1. The minimum Gasteiger partial charge on any atom is -0.489 e. The van der Waals surface area contributed by atoms with Crippen molar-refractivity contribution >= 4 is 20.4 Å². The maximum atomic E-state index is 12.5. The molecule has 2 aromatic rings. The molecule has 0 saturated carbocycles. The number of aromatic nitrogens is 2. The molecule has 216 valence electrons. The van der Waals surface area contributed by atoms with E-state index in [1.54, 1.807) is 18.2 Å². The van der Waals surface area contributed by atoms with Crippen LogP contribution in [0.5, 0.6) is 5.75 Å². The molecule has 0 spiro atoms. The van der Waals surface area contributed by atoms with E-state index < -0.39 is 56.2 Å². The fourth-order valence-electron chi connectivity index (χ4n) is 3.60. The number of hydrogen-bond acceptors (Lipinski definition) is 10. The number of amides is 1. The van der Waals surface area contributed by atoms with Gasteiger partial charge in [0.15, 0.2) is 6.23 Å². The molecular weight excluding hydrogens is 551 g/mol. The minimum atomic E-state index is -4.79. The highest BCUT2D eigenvalue weighted by molar-refractivity contribution is 7.46. The summed E-state index contributed by atoms with van der Waals surface area (Å²) in [6.45, 7) is 5.09. The molecule has 3 rings (SSSR count). The summed E-state index contributed by atoms with van der Waals surface area (Å²) in [6, 6.07) is 6.42. The van der Waals surface area contributed by atoms with Crippen LogP contribution >= 0.6 is 7.82 Å². The van der Waals surface area contributed by atoms with Crippen LogP contribution in [0.15, 0.2) is 45.0 Å². The highest BCUT2D eigenvalue weighted by atomic mass is 31.2. The molecule has 4 atom stereocenters. The van der Waals surface area contributed by atoms with Crippen LogP contribution in [0.25, 0.3) is 0 Å². The number of aliphatic hydroxyl groups is 1.